The van der Waals surface area contributed by atoms with Crippen molar-refractivity contribution in [3.05, 3.63) is 33.6 Å². The number of hydrogen-bond acceptors (Lipinski definition) is 8. The fraction of sp³-hybridized carbons (Fsp3) is 0.556. The molecule has 11 heteroatoms. The van der Waals surface area contributed by atoms with E-state index in [1.54, 1.807) is 20.8 Å². The Morgan fingerprint density at radius 1 is 1.34 bits per heavy atom. The normalized spacial score (nSPS) is 17.1. The Kier molecular flexibility index (Phi) is 6.62. The number of ether oxygens (including phenoxy) is 2. The Bertz CT molecular complexity index is 809. The summed E-state index contributed by atoms with van der Waals surface area (Å²) in [6, 6.07) is 0.985. The number of halogens is 1. The summed E-state index contributed by atoms with van der Waals surface area (Å²) in [7, 11) is 1.06. The number of aliphatic hydroxyl groups excluding tert-OH is 1. The largest absolute Gasteiger partial charge is 0.465 e. The number of amides is 1. The summed E-state index contributed by atoms with van der Waals surface area (Å²) in [5.41, 5.74) is -1.91. The number of esters is 1. The standard InChI is InChI=1S/C18H24FN3O7/c1-18(2,3)29-17(25)20-5-6-21(11(9-20)10-23)15-7-12(16(24)28-4)14(22(26)27)8-13(15)19/h7-8,11,23H,5-6,9-10H2,1-4H3/t11-/m1/s1. The van der Waals surface area contributed by atoms with Crippen molar-refractivity contribution < 1.29 is 33.5 Å². The first kappa shape index (κ1) is 22.3. The average Bonchev–Trinajstić information content (AvgIpc) is 2.65. The zero-order valence-electron chi connectivity index (χ0n) is 16.7. The third-order valence-electron chi connectivity index (χ3n) is 4.32. The van der Waals surface area contributed by atoms with Gasteiger partial charge in [-0.25, -0.2) is 14.0 Å². The zero-order valence-corrected chi connectivity index (χ0v) is 16.7. The highest BCUT2D eigenvalue weighted by Crippen LogP contribution is 2.31. The number of nitrogens with zero attached hydrogens (tertiary/aromatic N) is 3. The molecule has 10 nitrogen and oxygen atoms in total. The summed E-state index contributed by atoms with van der Waals surface area (Å²) in [5.74, 6) is -1.90. The van der Waals surface area contributed by atoms with E-state index in [0.717, 1.165) is 13.2 Å². The minimum atomic E-state index is -0.981. The molecule has 29 heavy (non-hydrogen) atoms. The van der Waals surface area contributed by atoms with Crippen molar-refractivity contribution in [1.82, 2.24) is 4.90 Å². The van der Waals surface area contributed by atoms with Gasteiger partial charge in [0, 0.05) is 19.6 Å². The van der Waals surface area contributed by atoms with E-state index in [4.69, 9.17) is 4.74 Å². The molecule has 1 aromatic carbocycles. The van der Waals surface area contributed by atoms with Gasteiger partial charge in [0.2, 0.25) is 0 Å². The Balaban J connectivity index is 2.34. The van der Waals surface area contributed by atoms with E-state index < -0.39 is 52.3 Å². The average molecular weight is 413 g/mol. The van der Waals surface area contributed by atoms with Crippen LogP contribution in [0.2, 0.25) is 0 Å². The molecule has 1 aliphatic heterocycles. The minimum Gasteiger partial charge on any atom is -0.465 e. The molecular formula is C18H24FN3O7. The number of rotatable bonds is 4. The van der Waals surface area contributed by atoms with Crippen molar-refractivity contribution in [3.63, 3.8) is 0 Å². The first-order valence-electron chi connectivity index (χ1n) is 8.90. The van der Waals surface area contributed by atoms with Gasteiger partial charge in [0.05, 0.1) is 36.4 Å². The lowest BCUT2D eigenvalue weighted by Crippen LogP contribution is -2.57. The molecule has 1 atom stereocenters. The van der Waals surface area contributed by atoms with Crippen molar-refractivity contribution in [3.8, 4) is 0 Å². The van der Waals surface area contributed by atoms with Crippen LogP contribution < -0.4 is 4.90 Å². The van der Waals surface area contributed by atoms with E-state index in [9.17, 15) is 29.2 Å². The summed E-state index contributed by atoms with van der Waals surface area (Å²) < 4.78 is 24.5. The number of nitro groups is 1. The topological polar surface area (TPSA) is 122 Å². The number of carbonyl (C=O) groups is 2. The van der Waals surface area contributed by atoms with Crippen LogP contribution in [0.4, 0.5) is 20.6 Å². The number of carbonyl (C=O) groups excluding carboxylic acids is 2. The van der Waals surface area contributed by atoms with Gasteiger partial charge in [0.1, 0.15) is 11.2 Å². The Morgan fingerprint density at radius 2 is 2.00 bits per heavy atom. The third-order valence-corrected chi connectivity index (χ3v) is 4.32. The number of methoxy groups -OCH3 is 1. The van der Waals surface area contributed by atoms with Crippen molar-refractivity contribution in [2.24, 2.45) is 0 Å². The van der Waals surface area contributed by atoms with Gasteiger partial charge in [0.15, 0.2) is 5.82 Å². The van der Waals surface area contributed by atoms with Crippen LogP contribution in [0.5, 0.6) is 0 Å². The molecule has 0 bridgehead atoms. The molecule has 1 aliphatic rings. The van der Waals surface area contributed by atoms with Crippen molar-refractivity contribution in [1.29, 1.82) is 0 Å². The van der Waals surface area contributed by atoms with Gasteiger partial charge in [-0.3, -0.25) is 10.1 Å². The summed E-state index contributed by atoms with van der Waals surface area (Å²) in [5, 5.41) is 20.9. The second-order valence-electron chi connectivity index (χ2n) is 7.53. The molecule has 160 valence electrons. The highest BCUT2D eigenvalue weighted by molar-refractivity contribution is 5.95. The molecule has 0 unspecified atom stereocenters. The van der Waals surface area contributed by atoms with Gasteiger partial charge in [0.25, 0.3) is 5.69 Å². The number of aliphatic hydroxyl groups is 1. The van der Waals surface area contributed by atoms with Gasteiger partial charge < -0.3 is 24.4 Å². The lowest BCUT2D eigenvalue weighted by atomic mass is 10.1. The van der Waals surface area contributed by atoms with E-state index >= 15 is 0 Å². The fourth-order valence-electron chi connectivity index (χ4n) is 3.02. The van der Waals surface area contributed by atoms with Gasteiger partial charge >= 0.3 is 12.1 Å². The fourth-order valence-corrected chi connectivity index (χ4v) is 3.02. The van der Waals surface area contributed by atoms with Crippen LogP contribution in [0.25, 0.3) is 0 Å². The molecule has 0 radical (unpaired) electrons. The highest BCUT2D eigenvalue weighted by atomic mass is 19.1. The summed E-state index contributed by atoms with van der Waals surface area (Å²) in [4.78, 5) is 37.3. The van der Waals surface area contributed by atoms with E-state index in [0.29, 0.717) is 6.07 Å². The lowest BCUT2D eigenvalue weighted by molar-refractivity contribution is -0.385. The van der Waals surface area contributed by atoms with E-state index in [1.165, 1.54) is 9.80 Å². The molecule has 1 heterocycles. The van der Waals surface area contributed by atoms with Gasteiger partial charge in [-0.15, -0.1) is 0 Å². The highest BCUT2D eigenvalue weighted by Gasteiger charge is 2.34. The zero-order chi connectivity index (χ0) is 21.9. The predicted octanol–water partition coefficient (Wildman–Crippen LogP) is 1.94. The van der Waals surface area contributed by atoms with Crippen LogP contribution in [-0.4, -0.2) is 72.0 Å². The molecule has 1 N–H and O–H groups in total. The lowest BCUT2D eigenvalue weighted by Gasteiger charge is -2.42. The van der Waals surface area contributed by atoms with E-state index in [-0.39, 0.29) is 25.3 Å². The first-order valence-corrected chi connectivity index (χ1v) is 8.90. The maximum atomic E-state index is 14.6. The van der Waals surface area contributed by atoms with Crippen molar-refractivity contribution >= 4 is 23.4 Å². The minimum absolute atomic E-state index is 0.0510. The number of nitro benzene ring substituents is 1. The molecular weight excluding hydrogens is 389 g/mol. The Morgan fingerprint density at radius 3 is 2.52 bits per heavy atom. The summed E-state index contributed by atoms with van der Waals surface area (Å²) in [6.45, 7) is 5.12. The van der Waals surface area contributed by atoms with Crippen molar-refractivity contribution in [2.75, 3.05) is 38.3 Å². The summed E-state index contributed by atoms with van der Waals surface area (Å²) >= 11 is 0. The molecule has 1 fully saturated rings. The van der Waals surface area contributed by atoms with Crippen LogP contribution in [0.15, 0.2) is 12.1 Å². The second-order valence-corrected chi connectivity index (χ2v) is 7.53. The van der Waals surface area contributed by atoms with Crippen LogP contribution in [0.3, 0.4) is 0 Å². The van der Waals surface area contributed by atoms with Crippen LogP contribution in [0, 0.1) is 15.9 Å². The van der Waals surface area contributed by atoms with Gasteiger partial charge in [-0.05, 0) is 26.8 Å². The summed E-state index contributed by atoms with van der Waals surface area (Å²) in [6.07, 6.45) is -0.560. The quantitative estimate of drug-likeness (QED) is 0.451. The van der Waals surface area contributed by atoms with Gasteiger partial charge in [-0.2, -0.15) is 0 Å². The number of hydrogen-bond donors (Lipinski definition) is 1. The smallest absolute Gasteiger partial charge is 0.410 e. The molecule has 1 amide bonds. The molecule has 2 rings (SSSR count). The monoisotopic (exact) mass is 413 g/mol. The maximum Gasteiger partial charge on any atom is 0.410 e. The molecule has 0 aromatic heterocycles. The third kappa shape index (κ3) is 5.11. The van der Waals surface area contributed by atoms with Crippen molar-refractivity contribution in [2.45, 2.75) is 32.4 Å². The Labute approximate surface area is 166 Å². The van der Waals surface area contributed by atoms with Crippen LogP contribution in [-0.2, 0) is 9.47 Å². The van der Waals surface area contributed by atoms with Crippen LogP contribution in [0.1, 0.15) is 31.1 Å². The maximum absolute atomic E-state index is 14.6. The molecule has 0 saturated carbocycles. The SMILES string of the molecule is COC(=O)c1cc(N2CCN(C(=O)OC(C)(C)C)C[C@@H]2CO)c(F)cc1[N+](=O)[O-]. The number of piperazine rings is 1. The Hall–Kier alpha value is -2.95. The predicted molar refractivity (Wildman–Crippen MR) is 100 cm³/mol. The second kappa shape index (κ2) is 8.60. The molecule has 0 aliphatic carbocycles. The van der Waals surface area contributed by atoms with Gasteiger partial charge in [-0.1, -0.05) is 0 Å². The molecule has 1 aromatic rings. The van der Waals surface area contributed by atoms with E-state index in [2.05, 4.69) is 4.74 Å². The first-order chi connectivity index (χ1) is 13.5. The van der Waals surface area contributed by atoms with E-state index in [1.807, 2.05) is 0 Å². The molecule has 1 saturated heterocycles. The van der Waals surface area contributed by atoms with Crippen LogP contribution >= 0.6 is 0 Å². The number of anilines is 1. The number of benzene rings is 1. The molecule has 0 spiro atoms.